The maximum Gasteiger partial charge on any atom is 0.296 e. The highest BCUT2D eigenvalue weighted by Crippen LogP contribution is 2.32. The second kappa shape index (κ2) is 7.40. The normalized spacial score (nSPS) is 25.4. The fourth-order valence-electron chi connectivity index (χ4n) is 3.49. The van der Waals surface area contributed by atoms with Crippen molar-refractivity contribution in [1.29, 1.82) is 0 Å². The third-order valence-corrected chi connectivity index (χ3v) is 5.24. The monoisotopic (exact) mass is 432 g/mol. The SMILES string of the molecule is NC(=O)c1ccc(Oc2nc3nc(O[C@@H]4CO[C@H]5[C@@H]4OC[C@H]5O)[nH]c3cc2Cl)cc1. The molecule has 11 heteroatoms. The molecule has 156 valence electrons. The highest BCUT2D eigenvalue weighted by atomic mass is 35.5. The average Bonchev–Trinajstić information content (AvgIpc) is 3.40. The smallest absolute Gasteiger partial charge is 0.296 e. The number of aromatic amines is 1. The van der Waals surface area contributed by atoms with E-state index in [0.717, 1.165) is 0 Å². The number of benzene rings is 1. The fraction of sp³-hybridized carbons (Fsp3) is 0.316. The number of H-pyrrole nitrogens is 1. The van der Waals surface area contributed by atoms with Gasteiger partial charge in [0, 0.05) is 5.56 Å². The maximum absolute atomic E-state index is 11.2. The van der Waals surface area contributed by atoms with E-state index in [1.54, 1.807) is 30.3 Å². The zero-order chi connectivity index (χ0) is 20.8. The van der Waals surface area contributed by atoms with Gasteiger partial charge in [0.1, 0.15) is 29.1 Å². The molecule has 1 aromatic carbocycles. The van der Waals surface area contributed by atoms with E-state index in [0.29, 0.717) is 22.5 Å². The first kappa shape index (κ1) is 19.1. The molecule has 0 saturated carbocycles. The Morgan fingerprint density at radius 1 is 1.20 bits per heavy atom. The van der Waals surface area contributed by atoms with E-state index in [1.807, 2.05) is 0 Å². The standard InChI is InChI=1S/C19H17ClN4O6/c20-10-5-11-17(23-18(10)29-9-3-1-8(2-4-9)16(21)26)24-19(22-11)30-13-7-28-14-12(25)6-27-15(13)14/h1-5,12-15,25H,6-7H2,(H2,21,26)(H,22,23,24)/t12-,13-,14-,15-/m1/s1. The summed E-state index contributed by atoms with van der Waals surface area (Å²) in [6.45, 7) is 0.501. The van der Waals surface area contributed by atoms with Crippen LogP contribution < -0.4 is 15.2 Å². The van der Waals surface area contributed by atoms with Crippen molar-refractivity contribution in [3.05, 3.63) is 40.9 Å². The summed E-state index contributed by atoms with van der Waals surface area (Å²) in [6, 6.07) is 8.13. The topological polar surface area (TPSA) is 142 Å². The molecule has 10 nitrogen and oxygen atoms in total. The third kappa shape index (κ3) is 3.43. The Bertz CT molecular complexity index is 1100. The van der Waals surface area contributed by atoms with Crippen LogP contribution >= 0.6 is 11.6 Å². The molecule has 4 heterocycles. The first-order chi connectivity index (χ1) is 14.5. The number of hydrogen-bond donors (Lipinski definition) is 3. The van der Waals surface area contributed by atoms with Gasteiger partial charge < -0.3 is 34.8 Å². The van der Waals surface area contributed by atoms with Crippen molar-refractivity contribution >= 4 is 28.7 Å². The number of aliphatic hydroxyl groups is 1. The Labute approximate surface area is 174 Å². The Hall–Kier alpha value is -2.92. The van der Waals surface area contributed by atoms with Crippen LogP contribution in [-0.2, 0) is 9.47 Å². The van der Waals surface area contributed by atoms with Crippen LogP contribution in [0.25, 0.3) is 11.2 Å². The lowest BCUT2D eigenvalue weighted by Crippen LogP contribution is -2.34. The average molecular weight is 433 g/mol. The number of fused-ring (bicyclic) bond motifs is 2. The second-order valence-electron chi connectivity index (χ2n) is 7.00. The van der Waals surface area contributed by atoms with Gasteiger partial charge in [0.05, 0.1) is 18.7 Å². The summed E-state index contributed by atoms with van der Waals surface area (Å²) in [7, 11) is 0. The highest BCUT2D eigenvalue weighted by Gasteiger charge is 2.48. The maximum atomic E-state index is 11.2. The molecule has 0 radical (unpaired) electrons. The molecule has 4 N–H and O–H groups in total. The lowest BCUT2D eigenvalue weighted by Gasteiger charge is -2.15. The first-order valence-corrected chi connectivity index (χ1v) is 9.57. The molecule has 0 spiro atoms. The van der Waals surface area contributed by atoms with E-state index < -0.39 is 24.2 Å². The number of rotatable bonds is 5. The van der Waals surface area contributed by atoms with E-state index in [4.69, 9.17) is 36.3 Å². The van der Waals surface area contributed by atoms with Crippen LogP contribution in [-0.4, -0.2) is 63.6 Å². The van der Waals surface area contributed by atoms with Crippen LogP contribution in [0, 0.1) is 0 Å². The Morgan fingerprint density at radius 3 is 2.73 bits per heavy atom. The summed E-state index contributed by atoms with van der Waals surface area (Å²) in [4.78, 5) is 22.8. The fourth-order valence-corrected chi connectivity index (χ4v) is 3.68. The molecular weight excluding hydrogens is 416 g/mol. The minimum atomic E-state index is -0.656. The molecule has 30 heavy (non-hydrogen) atoms. The Balaban J connectivity index is 1.34. The number of nitrogens with one attached hydrogen (secondary N) is 1. The molecule has 4 atom stereocenters. The Kier molecular flexibility index (Phi) is 4.70. The summed E-state index contributed by atoms with van der Waals surface area (Å²) < 4.78 is 22.7. The molecule has 0 unspecified atom stereocenters. The van der Waals surface area contributed by atoms with Crippen LogP contribution in [0.15, 0.2) is 30.3 Å². The van der Waals surface area contributed by atoms with Gasteiger partial charge in [-0.1, -0.05) is 11.6 Å². The summed E-state index contributed by atoms with van der Waals surface area (Å²) in [5.74, 6) is 0.0621. The van der Waals surface area contributed by atoms with Crippen molar-refractivity contribution in [2.45, 2.75) is 24.4 Å². The van der Waals surface area contributed by atoms with Crippen LogP contribution in [0.4, 0.5) is 0 Å². The van der Waals surface area contributed by atoms with Gasteiger partial charge in [-0.3, -0.25) is 4.79 Å². The molecule has 2 aromatic heterocycles. The van der Waals surface area contributed by atoms with Crippen molar-refractivity contribution in [2.24, 2.45) is 5.73 Å². The van der Waals surface area contributed by atoms with E-state index in [1.165, 1.54) is 0 Å². The predicted molar refractivity (Wildman–Crippen MR) is 104 cm³/mol. The third-order valence-electron chi connectivity index (χ3n) is 4.97. The van der Waals surface area contributed by atoms with Gasteiger partial charge in [0.2, 0.25) is 11.8 Å². The zero-order valence-electron chi connectivity index (χ0n) is 15.4. The summed E-state index contributed by atoms with van der Waals surface area (Å²) >= 11 is 6.29. The molecule has 0 bridgehead atoms. The van der Waals surface area contributed by atoms with Gasteiger partial charge >= 0.3 is 0 Å². The number of hydrogen-bond acceptors (Lipinski definition) is 8. The molecule has 0 aliphatic carbocycles. The first-order valence-electron chi connectivity index (χ1n) is 9.20. The van der Waals surface area contributed by atoms with Crippen molar-refractivity contribution in [3.8, 4) is 17.6 Å². The number of nitrogens with two attached hydrogens (primary N) is 1. The molecule has 3 aromatic rings. The highest BCUT2D eigenvalue weighted by molar-refractivity contribution is 6.32. The molecule has 2 fully saturated rings. The largest absolute Gasteiger partial charge is 0.456 e. The number of amides is 1. The van der Waals surface area contributed by atoms with Gasteiger partial charge in [-0.2, -0.15) is 9.97 Å². The molecule has 1 amide bonds. The second-order valence-corrected chi connectivity index (χ2v) is 7.41. The van der Waals surface area contributed by atoms with Gasteiger partial charge in [-0.25, -0.2) is 0 Å². The van der Waals surface area contributed by atoms with Crippen LogP contribution in [0.5, 0.6) is 17.6 Å². The van der Waals surface area contributed by atoms with Crippen LogP contribution in [0.1, 0.15) is 10.4 Å². The number of pyridine rings is 1. The summed E-state index contributed by atoms with van der Waals surface area (Å²) in [6.07, 6.45) is -1.81. The quantitative estimate of drug-likeness (QED) is 0.549. The number of primary amides is 1. The van der Waals surface area contributed by atoms with Crippen molar-refractivity contribution in [2.75, 3.05) is 13.2 Å². The van der Waals surface area contributed by atoms with E-state index in [2.05, 4.69) is 15.0 Å². The lowest BCUT2D eigenvalue weighted by atomic mass is 10.1. The van der Waals surface area contributed by atoms with E-state index in [9.17, 15) is 9.90 Å². The molecule has 2 aliphatic rings. The molecule has 5 rings (SSSR count). The van der Waals surface area contributed by atoms with Gasteiger partial charge in [0.25, 0.3) is 6.01 Å². The van der Waals surface area contributed by atoms with E-state index >= 15 is 0 Å². The molecule has 2 saturated heterocycles. The van der Waals surface area contributed by atoms with Crippen LogP contribution in [0.2, 0.25) is 5.02 Å². The predicted octanol–water partition coefficient (Wildman–Crippen LogP) is 1.41. The van der Waals surface area contributed by atoms with Gasteiger partial charge in [-0.15, -0.1) is 0 Å². The minimum Gasteiger partial charge on any atom is -0.456 e. The number of carbonyl (C=O) groups excluding carboxylic acids is 1. The lowest BCUT2D eigenvalue weighted by molar-refractivity contribution is 0.00706. The Morgan fingerprint density at radius 2 is 1.97 bits per heavy atom. The van der Waals surface area contributed by atoms with Crippen LogP contribution in [0.3, 0.4) is 0 Å². The summed E-state index contributed by atoms with van der Waals surface area (Å²) in [5, 5.41) is 10.1. The number of aromatic nitrogens is 3. The van der Waals surface area contributed by atoms with Gasteiger partial charge in [0.15, 0.2) is 11.8 Å². The summed E-state index contributed by atoms with van der Waals surface area (Å²) in [5.41, 5.74) is 6.51. The molecule has 2 aliphatic heterocycles. The van der Waals surface area contributed by atoms with E-state index in [-0.39, 0.29) is 36.2 Å². The van der Waals surface area contributed by atoms with Gasteiger partial charge in [-0.05, 0) is 30.3 Å². The number of nitrogens with zero attached hydrogens (tertiary/aromatic N) is 2. The zero-order valence-corrected chi connectivity index (χ0v) is 16.2. The van der Waals surface area contributed by atoms with Crippen molar-refractivity contribution in [1.82, 2.24) is 15.0 Å². The molecular formula is C19H17ClN4O6. The number of ether oxygens (including phenoxy) is 4. The van der Waals surface area contributed by atoms with Crippen molar-refractivity contribution in [3.63, 3.8) is 0 Å². The minimum absolute atomic E-state index is 0.153. The number of carbonyl (C=O) groups is 1. The number of halogens is 1. The number of imidazole rings is 1. The van der Waals surface area contributed by atoms with Crippen molar-refractivity contribution < 1.29 is 28.8 Å². The number of aliphatic hydroxyl groups excluding tert-OH is 1.